The van der Waals surface area contributed by atoms with Gasteiger partial charge in [-0.2, -0.15) is 0 Å². The number of pyridine rings is 1. The first-order chi connectivity index (χ1) is 15.6. The summed E-state index contributed by atoms with van der Waals surface area (Å²) in [6.07, 6.45) is -0.624. The minimum Gasteiger partial charge on any atom is -0.444 e. The number of hydrogen-bond donors (Lipinski definition) is 3. The minimum atomic E-state index is -0.646. The zero-order valence-corrected chi connectivity index (χ0v) is 20.5. The molecular weight excluding hydrogens is 484 g/mol. The van der Waals surface area contributed by atoms with E-state index >= 15 is 0 Å². The van der Waals surface area contributed by atoms with Gasteiger partial charge in [-0.25, -0.2) is 4.79 Å². The summed E-state index contributed by atoms with van der Waals surface area (Å²) in [6, 6.07) is 15.1. The lowest BCUT2D eigenvalue weighted by Crippen LogP contribution is -2.29. The van der Waals surface area contributed by atoms with E-state index in [4.69, 9.17) is 4.74 Å². The van der Waals surface area contributed by atoms with Crippen molar-refractivity contribution < 1.29 is 14.3 Å². The van der Waals surface area contributed by atoms with Crippen molar-refractivity contribution in [2.24, 2.45) is 0 Å². The van der Waals surface area contributed by atoms with E-state index in [1.54, 1.807) is 39.0 Å². The quantitative estimate of drug-likeness (QED) is 0.312. The summed E-state index contributed by atoms with van der Waals surface area (Å²) in [6.45, 7) is 7.53. The van der Waals surface area contributed by atoms with Gasteiger partial charge in [-0.3, -0.25) is 15.1 Å². The van der Waals surface area contributed by atoms with Gasteiger partial charge in [0.1, 0.15) is 5.60 Å². The monoisotopic (exact) mass is 508 g/mol. The van der Waals surface area contributed by atoms with E-state index in [0.717, 1.165) is 37.7 Å². The van der Waals surface area contributed by atoms with Gasteiger partial charge in [0.25, 0.3) is 5.91 Å². The van der Waals surface area contributed by atoms with Gasteiger partial charge in [0, 0.05) is 20.8 Å². The lowest BCUT2D eigenvalue weighted by molar-refractivity contribution is 0.0636. The molecule has 0 saturated carbocycles. The zero-order valence-electron chi connectivity index (χ0n) is 18.9. The Morgan fingerprint density at radius 2 is 1.85 bits per heavy atom. The van der Waals surface area contributed by atoms with Gasteiger partial charge in [-0.05, 0) is 58.0 Å². The summed E-state index contributed by atoms with van der Waals surface area (Å²) >= 11 is 3.39. The van der Waals surface area contributed by atoms with Gasteiger partial charge in [-0.1, -0.05) is 34.1 Å². The number of aromatic nitrogens is 2. The number of nitrogens with zero attached hydrogens (tertiary/aromatic N) is 1. The van der Waals surface area contributed by atoms with Crippen molar-refractivity contribution in [3.05, 3.63) is 70.0 Å². The van der Waals surface area contributed by atoms with E-state index in [0.29, 0.717) is 11.3 Å². The number of fused-ring (bicyclic) bond motifs is 3. The molecule has 2 amide bonds. The van der Waals surface area contributed by atoms with Crippen LogP contribution in [-0.2, 0) is 11.3 Å². The molecule has 0 unspecified atom stereocenters. The van der Waals surface area contributed by atoms with E-state index in [1.807, 2.05) is 31.2 Å². The number of H-pyrrole nitrogens is 1. The molecule has 2 heterocycles. The number of anilines is 1. The third kappa shape index (κ3) is 5.17. The van der Waals surface area contributed by atoms with Crippen LogP contribution < -0.4 is 10.6 Å². The molecule has 8 heteroatoms. The second-order valence-electron chi connectivity index (χ2n) is 8.79. The third-order valence-corrected chi connectivity index (χ3v) is 5.52. The number of carbonyl (C=O) groups excluding carboxylic acids is 2. The molecule has 3 N–H and O–H groups in total. The van der Waals surface area contributed by atoms with Crippen molar-refractivity contribution in [2.45, 2.75) is 39.8 Å². The Labute approximate surface area is 200 Å². The predicted octanol–water partition coefficient (Wildman–Crippen LogP) is 6.06. The van der Waals surface area contributed by atoms with Gasteiger partial charge >= 0.3 is 6.09 Å². The first-order valence-electron chi connectivity index (χ1n) is 10.6. The number of ether oxygens (including phenoxy) is 1. The molecule has 0 aliphatic carbocycles. The first kappa shape index (κ1) is 22.8. The Morgan fingerprint density at radius 3 is 2.61 bits per heavy atom. The summed E-state index contributed by atoms with van der Waals surface area (Å²) in [7, 11) is 0. The number of aromatic amines is 1. The number of carbonyl (C=O) groups is 2. The molecule has 4 aromatic rings. The molecule has 0 aliphatic rings. The van der Waals surface area contributed by atoms with Gasteiger partial charge in [0.2, 0.25) is 0 Å². The third-order valence-electron chi connectivity index (χ3n) is 5.02. The van der Waals surface area contributed by atoms with E-state index in [2.05, 4.69) is 42.6 Å². The Kier molecular flexibility index (Phi) is 6.12. The molecular formula is C25H25BrN4O3. The van der Waals surface area contributed by atoms with Crippen LogP contribution in [0.1, 0.15) is 42.5 Å². The highest BCUT2D eigenvalue weighted by atomic mass is 79.9. The summed E-state index contributed by atoms with van der Waals surface area (Å²) in [5.74, 6) is -0.333. The molecule has 33 heavy (non-hydrogen) atoms. The molecule has 0 aliphatic heterocycles. The molecule has 2 aromatic heterocycles. The van der Waals surface area contributed by atoms with Crippen LogP contribution in [0.4, 0.5) is 10.5 Å². The van der Waals surface area contributed by atoms with Crippen molar-refractivity contribution in [2.75, 3.05) is 5.32 Å². The normalized spacial score (nSPS) is 11.5. The van der Waals surface area contributed by atoms with Crippen molar-refractivity contribution in [1.82, 2.24) is 15.3 Å². The number of halogens is 1. The summed E-state index contributed by atoms with van der Waals surface area (Å²) in [4.78, 5) is 33.3. The zero-order chi connectivity index (χ0) is 23.8. The van der Waals surface area contributed by atoms with E-state index in [-0.39, 0.29) is 12.5 Å². The average molecular weight is 509 g/mol. The molecule has 170 valence electrons. The number of rotatable bonds is 4. The van der Waals surface area contributed by atoms with Crippen molar-refractivity contribution in [3.8, 4) is 0 Å². The van der Waals surface area contributed by atoms with E-state index in [9.17, 15) is 9.59 Å². The fourth-order valence-corrected chi connectivity index (χ4v) is 4.01. The Morgan fingerprint density at radius 1 is 1.09 bits per heavy atom. The SMILES string of the molecule is Cc1nc(CNC(=O)c2cc(Br)ccc2NC(=O)OC(C)(C)C)cc2c1[nH]c1ccccc12. The van der Waals surface area contributed by atoms with Crippen molar-refractivity contribution in [1.29, 1.82) is 0 Å². The van der Waals surface area contributed by atoms with Gasteiger partial charge in [0.15, 0.2) is 0 Å². The smallest absolute Gasteiger partial charge is 0.412 e. The standard InChI is InChI=1S/C25H25BrN4O3/c1-14-22-18(17-7-5-6-8-20(17)29-22)12-16(28-14)13-27-23(31)19-11-15(26)9-10-21(19)30-24(32)33-25(2,3)4/h5-12,29H,13H2,1-4H3,(H,27,31)(H,30,32). The Balaban J connectivity index is 1.55. The summed E-state index contributed by atoms with van der Waals surface area (Å²) in [5, 5.41) is 7.75. The molecule has 2 aromatic carbocycles. The molecule has 7 nitrogen and oxygen atoms in total. The maximum absolute atomic E-state index is 13.0. The van der Waals surface area contributed by atoms with Crippen LogP contribution in [-0.4, -0.2) is 27.6 Å². The number of benzene rings is 2. The molecule has 0 spiro atoms. The maximum Gasteiger partial charge on any atom is 0.412 e. The van der Waals surface area contributed by atoms with Crippen LogP contribution >= 0.6 is 15.9 Å². The highest BCUT2D eigenvalue weighted by molar-refractivity contribution is 9.10. The van der Waals surface area contributed by atoms with Crippen molar-refractivity contribution in [3.63, 3.8) is 0 Å². The number of aryl methyl sites for hydroxylation is 1. The number of hydrogen-bond acceptors (Lipinski definition) is 4. The summed E-state index contributed by atoms with van der Waals surface area (Å²) in [5.41, 5.74) is 3.68. The fourth-order valence-electron chi connectivity index (χ4n) is 3.65. The van der Waals surface area contributed by atoms with Crippen LogP contribution in [0.3, 0.4) is 0 Å². The lowest BCUT2D eigenvalue weighted by atomic mass is 10.1. The highest BCUT2D eigenvalue weighted by Gasteiger charge is 2.19. The number of amides is 2. The second kappa shape index (κ2) is 8.86. The highest BCUT2D eigenvalue weighted by Crippen LogP contribution is 2.27. The number of para-hydroxylation sites is 1. The van der Waals surface area contributed by atoms with Gasteiger partial charge in [0.05, 0.1) is 34.7 Å². The largest absolute Gasteiger partial charge is 0.444 e. The fraction of sp³-hybridized carbons (Fsp3) is 0.240. The lowest BCUT2D eigenvalue weighted by Gasteiger charge is -2.20. The average Bonchev–Trinajstić information content (AvgIpc) is 3.11. The van der Waals surface area contributed by atoms with Crippen LogP contribution in [0.2, 0.25) is 0 Å². The molecule has 4 rings (SSSR count). The van der Waals surface area contributed by atoms with Crippen LogP contribution in [0.5, 0.6) is 0 Å². The molecule has 0 saturated heterocycles. The molecule has 0 fully saturated rings. The Bertz CT molecular complexity index is 1370. The molecule has 0 radical (unpaired) electrons. The molecule has 0 atom stereocenters. The van der Waals surface area contributed by atoms with Gasteiger partial charge < -0.3 is 15.0 Å². The first-order valence-corrected chi connectivity index (χ1v) is 11.3. The van der Waals surface area contributed by atoms with Crippen LogP contribution in [0.25, 0.3) is 21.8 Å². The topological polar surface area (TPSA) is 96.1 Å². The van der Waals surface area contributed by atoms with Gasteiger partial charge in [-0.15, -0.1) is 0 Å². The summed E-state index contributed by atoms with van der Waals surface area (Å²) < 4.78 is 6.03. The maximum atomic E-state index is 13.0. The number of nitrogens with one attached hydrogen (secondary N) is 3. The minimum absolute atomic E-state index is 0.244. The van der Waals surface area contributed by atoms with E-state index < -0.39 is 11.7 Å². The van der Waals surface area contributed by atoms with Crippen LogP contribution in [0, 0.1) is 6.92 Å². The Hall–Kier alpha value is -3.39. The van der Waals surface area contributed by atoms with Crippen molar-refractivity contribution >= 4 is 55.4 Å². The van der Waals surface area contributed by atoms with E-state index in [1.165, 1.54) is 0 Å². The second-order valence-corrected chi connectivity index (χ2v) is 9.71. The van der Waals surface area contributed by atoms with Crippen LogP contribution in [0.15, 0.2) is 53.0 Å². The predicted molar refractivity (Wildman–Crippen MR) is 134 cm³/mol. The molecule has 0 bridgehead atoms.